The van der Waals surface area contributed by atoms with Gasteiger partial charge in [0.15, 0.2) is 0 Å². The van der Waals surface area contributed by atoms with Crippen molar-refractivity contribution in [1.82, 2.24) is 13.9 Å². The van der Waals surface area contributed by atoms with Gasteiger partial charge in [-0.15, -0.1) is 0 Å². The molecule has 0 aliphatic carbocycles. The average molecular weight is 380 g/mol. The number of benzene rings is 1. The number of hydrogen-bond acceptors (Lipinski definition) is 3. The number of rotatable bonds is 5. The largest absolute Gasteiger partial charge is 0.352 e. The molecule has 7 heteroatoms. The summed E-state index contributed by atoms with van der Waals surface area (Å²) >= 11 is 0. The minimum Gasteiger partial charge on any atom is -0.352 e. The molecule has 1 N–H and O–H groups in total. The van der Waals surface area contributed by atoms with Crippen molar-refractivity contribution in [3.8, 4) is 0 Å². The van der Waals surface area contributed by atoms with E-state index >= 15 is 0 Å². The third kappa shape index (κ3) is 4.64. The molecule has 0 saturated carbocycles. The maximum Gasteiger partial charge on any atom is 0.281 e. The Morgan fingerprint density at radius 1 is 1.04 bits per heavy atom. The smallest absolute Gasteiger partial charge is 0.281 e. The highest BCUT2D eigenvalue weighted by atomic mass is 32.2. The molecular formula is C19H29N3O3S. The van der Waals surface area contributed by atoms with Crippen molar-refractivity contribution >= 4 is 16.1 Å². The third-order valence-electron chi connectivity index (χ3n) is 5.31. The van der Waals surface area contributed by atoms with Gasteiger partial charge in [-0.2, -0.15) is 17.0 Å². The fourth-order valence-corrected chi connectivity index (χ4v) is 5.44. The highest BCUT2D eigenvalue weighted by molar-refractivity contribution is 7.86. The number of carbonyl (C=O) groups is 1. The molecule has 2 aliphatic heterocycles. The standard InChI is InChI=1S/C19H29N3O3S/c1-16-7-9-17(10-8-16)14-20-19(23)18-6-5-13-22(15-18)26(24,25)21-11-3-2-4-12-21/h7-10,18H,2-6,11-15H2,1H3,(H,20,23). The van der Waals surface area contributed by atoms with Gasteiger partial charge in [-0.1, -0.05) is 36.2 Å². The summed E-state index contributed by atoms with van der Waals surface area (Å²) in [5, 5.41) is 2.97. The van der Waals surface area contributed by atoms with Crippen molar-refractivity contribution in [1.29, 1.82) is 0 Å². The molecule has 2 aliphatic rings. The third-order valence-corrected chi connectivity index (χ3v) is 7.31. The van der Waals surface area contributed by atoms with Crippen LogP contribution in [0.5, 0.6) is 0 Å². The summed E-state index contributed by atoms with van der Waals surface area (Å²) in [5.41, 5.74) is 2.24. The summed E-state index contributed by atoms with van der Waals surface area (Å²) in [6.07, 6.45) is 4.42. The second-order valence-corrected chi connectivity index (χ2v) is 9.30. The minimum absolute atomic E-state index is 0.0517. The molecule has 0 spiro atoms. The number of hydrogen-bond donors (Lipinski definition) is 1. The van der Waals surface area contributed by atoms with E-state index < -0.39 is 10.2 Å². The molecule has 26 heavy (non-hydrogen) atoms. The fraction of sp³-hybridized carbons (Fsp3) is 0.632. The predicted molar refractivity (Wildman–Crippen MR) is 102 cm³/mol. The Kier molecular flexibility index (Phi) is 6.32. The maximum absolute atomic E-state index is 12.8. The molecule has 2 heterocycles. The van der Waals surface area contributed by atoms with Crippen LogP contribution in [-0.4, -0.2) is 49.1 Å². The van der Waals surface area contributed by atoms with E-state index in [1.165, 1.54) is 9.87 Å². The van der Waals surface area contributed by atoms with Gasteiger partial charge in [0, 0.05) is 32.7 Å². The zero-order chi connectivity index (χ0) is 18.6. The molecule has 1 atom stereocenters. The van der Waals surface area contributed by atoms with E-state index in [4.69, 9.17) is 0 Å². The molecule has 2 fully saturated rings. The van der Waals surface area contributed by atoms with E-state index in [9.17, 15) is 13.2 Å². The quantitative estimate of drug-likeness (QED) is 0.851. The van der Waals surface area contributed by atoms with Crippen molar-refractivity contribution in [2.75, 3.05) is 26.2 Å². The minimum atomic E-state index is -3.44. The topological polar surface area (TPSA) is 69.7 Å². The Hall–Kier alpha value is -1.44. The van der Waals surface area contributed by atoms with Crippen LogP contribution in [0, 0.1) is 12.8 Å². The van der Waals surface area contributed by atoms with Crippen LogP contribution in [0.15, 0.2) is 24.3 Å². The van der Waals surface area contributed by atoms with Crippen LogP contribution in [-0.2, 0) is 21.5 Å². The lowest BCUT2D eigenvalue weighted by Gasteiger charge is -2.36. The first-order chi connectivity index (χ1) is 12.5. The Labute approximate surface area is 156 Å². The first kappa shape index (κ1) is 19.3. The van der Waals surface area contributed by atoms with E-state index in [0.717, 1.165) is 37.7 Å². The molecule has 2 saturated heterocycles. The van der Waals surface area contributed by atoms with Crippen LogP contribution in [0.25, 0.3) is 0 Å². The molecule has 1 amide bonds. The van der Waals surface area contributed by atoms with Gasteiger partial charge in [0.1, 0.15) is 0 Å². The Morgan fingerprint density at radius 3 is 2.38 bits per heavy atom. The van der Waals surface area contributed by atoms with Crippen LogP contribution in [0.1, 0.15) is 43.2 Å². The summed E-state index contributed by atoms with van der Waals surface area (Å²) in [6, 6.07) is 8.05. The molecule has 1 aromatic carbocycles. The number of piperidine rings is 2. The average Bonchev–Trinajstić information content (AvgIpc) is 2.68. The first-order valence-corrected chi connectivity index (χ1v) is 10.9. The maximum atomic E-state index is 12.8. The normalized spacial score (nSPS) is 22.9. The summed E-state index contributed by atoms with van der Waals surface area (Å²) in [5.74, 6) is -0.321. The van der Waals surface area contributed by atoms with E-state index in [0.29, 0.717) is 32.7 Å². The van der Waals surface area contributed by atoms with Crippen LogP contribution < -0.4 is 5.32 Å². The first-order valence-electron chi connectivity index (χ1n) is 9.55. The highest BCUT2D eigenvalue weighted by Gasteiger charge is 2.36. The summed E-state index contributed by atoms with van der Waals surface area (Å²) in [4.78, 5) is 12.5. The number of amides is 1. The molecule has 0 aromatic heterocycles. The van der Waals surface area contributed by atoms with Gasteiger partial charge >= 0.3 is 0 Å². The Morgan fingerprint density at radius 2 is 1.69 bits per heavy atom. The molecular weight excluding hydrogens is 350 g/mol. The monoisotopic (exact) mass is 379 g/mol. The van der Waals surface area contributed by atoms with Gasteiger partial charge in [-0.3, -0.25) is 4.79 Å². The SMILES string of the molecule is Cc1ccc(CNC(=O)C2CCCN(S(=O)(=O)N3CCCCC3)C2)cc1. The number of nitrogens with zero attached hydrogens (tertiary/aromatic N) is 2. The van der Waals surface area contributed by atoms with Crippen molar-refractivity contribution in [2.24, 2.45) is 5.92 Å². The van der Waals surface area contributed by atoms with Crippen LogP contribution in [0.4, 0.5) is 0 Å². The summed E-state index contributed by atoms with van der Waals surface area (Å²) in [7, 11) is -3.44. The molecule has 3 rings (SSSR count). The lowest BCUT2D eigenvalue weighted by atomic mass is 9.98. The van der Waals surface area contributed by atoms with Gasteiger partial charge in [-0.25, -0.2) is 0 Å². The zero-order valence-electron chi connectivity index (χ0n) is 15.5. The van der Waals surface area contributed by atoms with Gasteiger partial charge in [0.05, 0.1) is 5.92 Å². The van der Waals surface area contributed by atoms with E-state index in [2.05, 4.69) is 5.32 Å². The second-order valence-electron chi connectivity index (χ2n) is 7.37. The lowest BCUT2D eigenvalue weighted by Crippen LogP contribution is -2.51. The fourth-order valence-electron chi connectivity index (χ4n) is 3.66. The summed E-state index contributed by atoms with van der Waals surface area (Å²) in [6.45, 7) is 4.52. The molecule has 144 valence electrons. The van der Waals surface area contributed by atoms with Crippen LogP contribution in [0.2, 0.25) is 0 Å². The number of carbonyl (C=O) groups excluding carboxylic acids is 1. The van der Waals surface area contributed by atoms with E-state index in [1.54, 1.807) is 4.31 Å². The van der Waals surface area contributed by atoms with Crippen LogP contribution >= 0.6 is 0 Å². The zero-order valence-corrected chi connectivity index (χ0v) is 16.3. The summed E-state index contributed by atoms with van der Waals surface area (Å²) < 4.78 is 28.8. The van der Waals surface area contributed by atoms with Crippen molar-refractivity contribution in [2.45, 2.75) is 45.6 Å². The van der Waals surface area contributed by atoms with Crippen LogP contribution in [0.3, 0.4) is 0 Å². The Bertz CT molecular complexity index is 712. The van der Waals surface area contributed by atoms with E-state index in [1.807, 2.05) is 31.2 Å². The van der Waals surface area contributed by atoms with Crippen molar-refractivity contribution < 1.29 is 13.2 Å². The van der Waals surface area contributed by atoms with Crippen molar-refractivity contribution in [3.05, 3.63) is 35.4 Å². The van der Waals surface area contributed by atoms with Gasteiger partial charge in [0.25, 0.3) is 10.2 Å². The van der Waals surface area contributed by atoms with Crippen molar-refractivity contribution in [3.63, 3.8) is 0 Å². The number of nitrogens with one attached hydrogen (secondary N) is 1. The lowest BCUT2D eigenvalue weighted by molar-refractivity contribution is -0.126. The van der Waals surface area contributed by atoms with E-state index in [-0.39, 0.29) is 11.8 Å². The molecule has 0 bridgehead atoms. The molecule has 6 nitrogen and oxygen atoms in total. The Balaban J connectivity index is 1.56. The second kappa shape index (κ2) is 8.50. The van der Waals surface area contributed by atoms with Gasteiger partial charge < -0.3 is 5.32 Å². The number of aryl methyl sites for hydroxylation is 1. The molecule has 1 unspecified atom stereocenters. The molecule has 0 radical (unpaired) electrons. The highest BCUT2D eigenvalue weighted by Crippen LogP contribution is 2.23. The van der Waals surface area contributed by atoms with Gasteiger partial charge in [0.2, 0.25) is 5.91 Å². The molecule has 1 aromatic rings. The van der Waals surface area contributed by atoms with Gasteiger partial charge in [-0.05, 0) is 38.2 Å². The predicted octanol–water partition coefficient (Wildman–Crippen LogP) is 2.05.